The lowest BCUT2D eigenvalue weighted by Crippen LogP contribution is -2.01. The van der Waals surface area contributed by atoms with Gasteiger partial charge in [-0.15, -0.1) is 0 Å². The third-order valence-electron chi connectivity index (χ3n) is 2.39. The minimum atomic E-state index is -0.386. The van der Waals surface area contributed by atoms with Crippen LogP contribution in [0, 0.1) is 10.7 Å². The first-order chi connectivity index (χ1) is 9.88. The Morgan fingerprint density at radius 3 is 2.38 bits per heavy atom. The summed E-state index contributed by atoms with van der Waals surface area (Å²) in [5.74, 6) is 1.29. The van der Waals surface area contributed by atoms with Crippen LogP contribution in [0.1, 0.15) is 6.92 Å². The summed E-state index contributed by atoms with van der Waals surface area (Å²) in [6, 6.07) is 8.36. The van der Waals surface area contributed by atoms with Crippen LogP contribution in [0.2, 0.25) is 0 Å². The third-order valence-corrected chi connectivity index (χ3v) is 7.70. The Morgan fingerprint density at radius 1 is 1.05 bits per heavy atom. The Balaban J connectivity index is 2.32. The average molecular weight is 622 g/mol. The largest absolute Gasteiger partial charge is 0.507 e. The summed E-state index contributed by atoms with van der Waals surface area (Å²) in [6.45, 7) is 1.34. The molecule has 0 amide bonds. The van der Waals surface area contributed by atoms with E-state index < -0.39 is 0 Å². The Morgan fingerprint density at radius 2 is 1.71 bits per heavy atom. The maximum atomic E-state index is 11.0. The van der Waals surface area contributed by atoms with Crippen LogP contribution in [-0.2, 0) is 4.79 Å². The number of hydrogen-bond donors (Lipinski definition) is 1. The smallest absolute Gasteiger partial charge is 0.308 e. The number of aromatic hydroxyl groups is 1. The molecule has 0 heterocycles. The van der Waals surface area contributed by atoms with Crippen LogP contribution < -0.4 is 9.47 Å². The van der Waals surface area contributed by atoms with Crippen LogP contribution in [-0.4, -0.2) is 11.1 Å². The second kappa shape index (κ2) is 7.31. The fraction of sp³-hybridized carbons (Fsp3) is 0.0714. The van der Waals surface area contributed by atoms with E-state index in [1.165, 1.54) is 6.92 Å². The molecule has 2 rings (SSSR count). The van der Waals surface area contributed by atoms with Gasteiger partial charge in [-0.1, -0.05) is 6.07 Å². The maximum absolute atomic E-state index is 11.0. The molecule has 7 heteroatoms. The molecule has 0 aliphatic carbocycles. The number of carbonyl (C=O) groups excluding carboxylic acids is 1. The minimum absolute atomic E-state index is 0.173. The SMILES string of the molecule is CC(=O)Oc1cccc(Oc2cc(O)c(I)c(I)c2I)c1. The van der Waals surface area contributed by atoms with Gasteiger partial charge < -0.3 is 14.6 Å². The average Bonchev–Trinajstić information content (AvgIpc) is 2.42. The van der Waals surface area contributed by atoms with E-state index in [0.29, 0.717) is 17.2 Å². The Kier molecular flexibility index (Phi) is 5.94. The van der Waals surface area contributed by atoms with Crippen molar-refractivity contribution in [2.75, 3.05) is 0 Å². The number of esters is 1. The topological polar surface area (TPSA) is 55.8 Å². The lowest BCUT2D eigenvalue weighted by molar-refractivity contribution is -0.131. The molecule has 110 valence electrons. The number of hydrogen-bond acceptors (Lipinski definition) is 4. The number of halogens is 3. The minimum Gasteiger partial charge on any atom is -0.507 e. The lowest BCUT2D eigenvalue weighted by Gasteiger charge is -2.12. The molecule has 0 saturated carbocycles. The van der Waals surface area contributed by atoms with Gasteiger partial charge in [0.05, 0.1) is 7.14 Å². The standard InChI is InChI=1S/C14H9I3O4/c1-7(18)20-8-3-2-4-9(5-8)21-11-6-10(19)12(15)14(17)13(11)16/h2-6,19H,1H3. The van der Waals surface area contributed by atoms with Crippen molar-refractivity contribution in [3.63, 3.8) is 0 Å². The molecule has 21 heavy (non-hydrogen) atoms. The van der Waals surface area contributed by atoms with Crippen molar-refractivity contribution in [3.8, 4) is 23.0 Å². The van der Waals surface area contributed by atoms with E-state index in [9.17, 15) is 9.90 Å². The van der Waals surface area contributed by atoms with E-state index in [2.05, 4.69) is 67.8 Å². The molecular weight excluding hydrogens is 613 g/mol. The van der Waals surface area contributed by atoms with Gasteiger partial charge in [0.25, 0.3) is 0 Å². The fourth-order valence-electron chi connectivity index (χ4n) is 1.54. The van der Waals surface area contributed by atoms with E-state index in [-0.39, 0.29) is 11.7 Å². The molecule has 4 nitrogen and oxygen atoms in total. The predicted octanol–water partition coefficient (Wildman–Crippen LogP) is 4.92. The molecule has 1 N–H and O–H groups in total. The lowest BCUT2D eigenvalue weighted by atomic mass is 10.3. The van der Waals surface area contributed by atoms with Gasteiger partial charge in [0.2, 0.25) is 0 Å². The summed E-state index contributed by atoms with van der Waals surface area (Å²) in [7, 11) is 0. The van der Waals surface area contributed by atoms with Gasteiger partial charge in [-0.2, -0.15) is 0 Å². The van der Waals surface area contributed by atoms with Gasteiger partial charge >= 0.3 is 5.97 Å². The summed E-state index contributed by atoms with van der Waals surface area (Å²) in [5, 5.41) is 9.89. The number of benzene rings is 2. The van der Waals surface area contributed by atoms with Crippen molar-refractivity contribution in [2.45, 2.75) is 6.92 Å². The number of carbonyl (C=O) groups is 1. The van der Waals surface area contributed by atoms with Crippen LogP contribution in [0.25, 0.3) is 0 Å². The first kappa shape index (κ1) is 17.1. The van der Waals surface area contributed by atoms with Crippen LogP contribution in [0.4, 0.5) is 0 Å². The number of rotatable bonds is 3. The maximum Gasteiger partial charge on any atom is 0.308 e. The van der Waals surface area contributed by atoms with E-state index in [0.717, 1.165) is 10.7 Å². The van der Waals surface area contributed by atoms with Gasteiger partial charge in [-0.05, 0) is 79.9 Å². The summed E-state index contributed by atoms with van der Waals surface area (Å²) < 4.78 is 13.4. The normalized spacial score (nSPS) is 10.3. The molecular formula is C14H9I3O4. The number of phenolic OH excluding ortho intramolecular Hbond substituents is 1. The van der Waals surface area contributed by atoms with Crippen LogP contribution in [0.15, 0.2) is 30.3 Å². The Hall–Kier alpha value is -0.300. The molecule has 0 spiro atoms. The van der Waals surface area contributed by atoms with Crippen molar-refractivity contribution in [2.24, 2.45) is 0 Å². The quantitative estimate of drug-likeness (QED) is 0.229. The summed E-state index contributed by atoms with van der Waals surface area (Å²) >= 11 is 6.42. The Bertz CT molecular complexity index is 701. The molecule has 2 aromatic carbocycles. The summed E-state index contributed by atoms with van der Waals surface area (Å²) in [4.78, 5) is 11.0. The zero-order valence-electron chi connectivity index (χ0n) is 10.7. The van der Waals surface area contributed by atoms with Gasteiger partial charge in [-0.3, -0.25) is 4.79 Å². The van der Waals surface area contributed by atoms with Crippen LogP contribution in [0.5, 0.6) is 23.0 Å². The second-order valence-electron chi connectivity index (χ2n) is 4.01. The molecule has 0 aromatic heterocycles. The van der Waals surface area contributed by atoms with E-state index >= 15 is 0 Å². The van der Waals surface area contributed by atoms with E-state index in [1.54, 1.807) is 30.3 Å². The van der Waals surface area contributed by atoms with Gasteiger partial charge in [0, 0.05) is 22.6 Å². The van der Waals surface area contributed by atoms with E-state index in [4.69, 9.17) is 9.47 Å². The van der Waals surface area contributed by atoms with E-state index in [1.807, 2.05) is 0 Å². The molecule has 0 aliphatic heterocycles. The highest BCUT2D eigenvalue weighted by Crippen LogP contribution is 2.38. The molecule has 0 fully saturated rings. The highest BCUT2D eigenvalue weighted by atomic mass is 127. The summed E-state index contributed by atoms with van der Waals surface area (Å²) in [6.07, 6.45) is 0. The zero-order chi connectivity index (χ0) is 15.6. The Labute approximate surface area is 162 Å². The fourth-order valence-corrected chi connectivity index (χ4v) is 3.56. The van der Waals surface area contributed by atoms with Gasteiger partial charge in [0.1, 0.15) is 23.0 Å². The van der Waals surface area contributed by atoms with Crippen LogP contribution >= 0.6 is 67.8 Å². The molecule has 0 saturated heterocycles. The monoisotopic (exact) mass is 622 g/mol. The zero-order valence-corrected chi connectivity index (χ0v) is 17.2. The third kappa shape index (κ3) is 4.34. The molecule has 0 aliphatic rings. The van der Waals surface area contributed by atoms with Crippen molar-refractivity contribution in [1.82, 2.24) is 0 Å². The van der Waals surface area contributed by atoms with Gasteiger partial charge in [0.15, 0.2) is 0 Å². The first-order valence-electron chi connectivity index (χ1n) is 5.71. The number of phenols is 1. The molecule has 2 aromatic rings. The molecule has 0 bridgehead atoms. The van der Waals surface area contributed by atoms with Crippen LogP contribution in [0.3, 0.4) is 0 Å². The van der Waals surface area contributed by atoms with Crippen molar-refractivity contribution in [1.29, 1.82) is 0 Å². The molecule has 0 radical (unpaired) electrons. The number of ether oxygens (including phenoxy) is 2. The highest BCUT2D eigenvalue weighted by Gasteiger charge is 2.14. The predicted molar refractivity (Wildman–Crippen MR) is 104 cm³/mol. The van der Waals surface area contributed by atoms with Crippen molar-refractivity contribution >= 4 is 73.7 Å². The van der Waals surface area contributed by atoms with Gasteiger partial charge in [-0.25, -0.2) is 0 Å². The first-order valence-corrected chi connectivity index (χ1v) is 8.95. The summed E-state index contributed by atoms with van der Waals surface area (Å²) in [5.41, 5.74) is 0. The highest BCUT2D eigenvalue weighted by molar-refractivity contribution is 14.1. The molecule has 0 unspecified atom stereocenters. The van der Waals surface area contributed by atoms with Crippen molar-refractivity contribution in [3.05, 3.63) is 41.0 Å². The molecule has 0 atom stereocenters. The second-order valence-corrected chi connectivity index (χ2v) is 7.24. The van der Waals surface area contributed by atoms with Crippen molar-refractivity contribution < 1.29 is 19.4 Å².